The Kier molecular flexibility index (Phi) is 6.63. The molecule has 1 heterocycles. The summed E-state index contributed by atoms with van der Waals surface area (Å²) < 4.78 is 32.2. The first-order valence-corrected chi connectivity index (χ1v) is 8.69. The monoisotopic (exact) mass is 374 g/mol. The molecule has 0 aliphatic heterocycles. The smallest absolute Gasteiger partial charge is 0.257 e. The predicted octanol–water partition coefficient (Wildman–Crippen LogP) is 1.56. The topological polar surface area (TPSA) is 131 Å². The second-order valence-electron chi connectivity index (χ2n) is 6.61. The third-order valence-corrected chi connectivity index (χ3v) is 4.28. The largest absolute Gasteiger partial charge is 0.381 e. The van der Waals surface area contributed by atoms with E-state index in [-0.39, 0.29) is 11.8 Å². The average molecular weight is 374 g/mol. The molecular formula is C16H24F2N4O4. The summed E-state index contributed by atoms with van der Waals surface area (Å²) in [5, 5.41) is 16.6. The van der Waals surface area contributed by atoms with E-state index in [0.29, 0.717) is 12.2 Å². The van der Waals surface area contributed by atoms with Crippen LogP contribution in [0.25, 0.3) is 0 Å². The lowest BCUT2D eigenvalue weighted by Crippen LogP contribution is -2.39. The lowest BCUT2D eigenvalue weighted by Gasteiger charge is -2.21. The normalized spacial score (nSPS) is 16.9. The van der Waals surface area contributed by atoms with Crippen LogP contribution in [0.4, 0.5) is 8.78 Å². The number of aliphatic hydroxyl groups excluding tert-OH is 1. The Labute approximate surface area is 149 Å². The minimum Gasteiger partial charge on any atom is -0.381 e. The number of aliphatic hydroxyl groups is 1. The van der Waals surface area contributed by atoms with Crippen molar-refractivity contribution >= 4 is 11.8 Å². The van der Waals surface area contributed by atoms with Gasteiger partial charge < -0.3 is 20.7 Å². The first-order chi connectivity index (χ1) is 12.2. The number of nitrogens with zero attached hydrogens (tertiary/aromatic N) is 2. The predicted molar refractivity (Wildman–Crippen MR) is 86.1 cm³/mol. The summed E-state index contributed by atoms with van der Waals surface area (Å²) in [5.41, 5.74) is 4.85. The van der Waals surface area contributed by atoms with E-state index in [9.17, 15) is 23.5 Å². The van der Waals surface area contributed by atoms with Gasteiger partial charge in [-0.05, 0) is 19.3 Å². The van der Waals surface area contributed by atoms with Gasteiger partial charge in [0.05, 0.1) is 6.04 Å². The van der Waals surface area contributed by atoms with Crippen LogP contribution in [-0.2, 0) is 9.59 Å². The molecule has 0 spiro atoms. The highest BCUT2D eigenvalue weighted by Gasteiger charge is 2.33. The molecule has 26 heavy (non-hydrogen) atoms. The molecule has 10 heteroatoms. The fourth-order valence-electron chi connectivity index (χ4n) is 2.46. The van der Waals surface area contributed by atoms with Gasteiger partial charge in [0.2, 0.25) is 17.7 Å². The molecule has 0 saturated heterocycles. The van der Waals surface area contributed by atoms with Crippen molar-refractivity contribution in [2.24, 2.45) is 5.73 Å². The molecule has 1 aliphatic carbocycles. The number of nitrogens with two attached hydrogens (primary N) is 1. The maximum Gasteiger partial charge on any atom is 0.257 e. The van der Waals surface area contributed by atoms with Gasteiger partial charge in [0.15, 0.2) is 11.9 Å². The third kappa shape index (κ3) is 6.01. The molecule has 2 amide bonds. The molecule has 1 aromatic rings. The lowest BCUT2D eigenvalue weighted by atomic mass is 10.1. The van der Waals surface area contributed by atoms with Gasteiger partial charge in [-0.15, -0.1) is 0 Å². The summed E-state index contributed by atoms with van der Waals surface area (Å²) >= 11 is 0. The SMILES string of the molecule is CCC(NC(=O)CCC(F)(F)CCC(N)=O)C(O)c1nc(C2CC2)no1. The Morgan fingerprint density at radius 2 is 2.04 bits per heavy atom. The molecule has 2 rings (SSSR count). The maximum absolute atomic E-state index is 13.6. The molecule has 0 bridgehead atoms. The second-order valence-corrected chi connectivity index (χ2v) is 6.61. The molecule has 1 fully saturated rings. The molecule has 0 radical (unpaired) electrons. The summed E-state index contributed by atoms with van der Waals surface area (Å²) in [4.78, 5) is 26.7. The second kappa shape index (κ2) is 8.52. The number of hydrogen-bond donors (Lipinski definition) is 3. The lowest BCUT2D eigenvalue weighted by molar-refractivity contribution is -0.125. The third-order valence-electron chi connectivity index (χ3n) is 4.28. The number of alkyl halides is 2. The summed E-state index contributed by atoms with van der Waals surface area (Å²) in [5.74, 6) is -3.79. The summed E-state index contributed by atoms with van der Waals surface area (Å²) in [6.45, 7) is 1.73. The van der Waals surface area contributed by atoms with Gasteiger partial charge in [-0.3, -0.25) is 9.59 Å². The van der Waals surface area contributed by atoms with Crippen molar-refractivity contribution < 1.29 is 28.0 Å². The van der Waals surface area contributed by atoms with Gasteiger partial charge in [0.1, 0.15) is 0 Å². The summed E-state index contributed by atoms with van der Waals surface area (Å²) in [6, 6.07) is -0.728. The van der Waals surface area contributed by atoms with Crippen molar-refractivity contribution in [3.8, 4) is 0 Å². The number of carbonyl (C=O) groups excluding carboxylic acids is 2. The molecule has 2 unspecified atom stereocenters. The highest BCUT2D eigenvalue weighted by atomic mass is 19.3. The maximum atomic E-state index is 13.6. The molecule has 2 atom stereocenters. The Morgan fingerprint density at radius 3 is 2.62 bits per heavy atom. The number of nitrogens with one attached hydrogen (secondary N) is 1. The number of carbonyl (C=O) groups is 2. The Morgan fingerprint density at radius 1 is 1.38 bits per heavy atom. The molecule has 1 saturated carbocycles. The van der Waals surface area contributed by atoms with E-state index in [1.807, 2.05) is 0 Å². The molecule has 0 aromatic carbocycles. The van der Waals surface area contributed by atoms with Crippen molar-refractivity contribution in [1.82, 2.24) is 15.5 Å². The summed E-state index contributed by atoms with van der Waals surface area (Å²) in [7, 11) is 0. The highest BCUT2D eigenvalue weighted by Crippen LogP contribution is 2.38. The zero-order valence-corrected chi connectivity index (χ0v) is 14.6. The van der Waals surface area contributed by atoms with Crippen LogP contribution in [0.2, 0.25) is 0 Å². The van der Waals surface area contributed by atoms with Gasteiger partial charge in [0.25, 0.3) is 5.89 Å². The fraction of sp³-hybridized carbons (Fsp3) is 0.750. The summed E-state index contributed by atoms with van der Waals surface area (Å²) in [6.07, 6.45) is -1.17. The number of primary amides is 1. The Bertz CT molecular complexity index is 634. The van der Waals surface area contributed by atoms with Crippen LogP contribution < -0.4 is 11.1 Å². The van der Waals surface area contributed by atoms with Crippen molar-refractivity contribution in [2.75, 3.05) is 0 Å². The van der Waals surface area contributed by atoms with Crippen LogP contribution in [0.5, 0.6) is 0 Å². The van der Waals surface area contributed by atoms with E-state index >= 15 is 0 Å². The van der Waals surface area contributed by atoms with Crippen LogP contribution in [0.1, 0.15) is 75.6 Å². The number of rotatable bonds is 11. The van der Waals surface area contributed by atoms with Crippen LogP contribution in [0.15, 0.2) is 4.52 Å². The molecule has 146 valence electrons. The van der Waals surface area contributed by atoms with E-state index < -0.39 is 55.6 Å². The number of halogens is 2. The Hall–Kier alpha value is -2.10. The number of aromatic nitrogens is 2. The molecular weight excluding hydrogens is 350 g/mol. The zero-order chi connectivity index (χ0) is 19.3. The number of hydrogen-bond acceptors (Lipinski definition) is 6. The standard InChI is InChI=1S/C16H24F2N4O4/c1-2-10(13(25)15-21-14(22-26-15)9-3-4-9)20-12(24)6-8-16(17,18)7-5-11(19)23/h9-10,13,25H,2-8H2,1H3,(H2,19,23)(H,20,24). The van der Waals surface area contributed by atoms with Crippen molar-refractivity contribution in [3.63, 3.8) is 0 Å². The van der Waals surface area contributed by atoms with E-state index in [0.717, 1.165) is 12.8 Å². The van der Waals surface area contributed by atoms with Gasteiger partial charge >= 0.3 is 0 Å². The van der Waals surface area contributed by atoms with Crippen molar-refractivity contribution in [3.05, 3.63) is 11.7 Å². The van der Waals surface area contributed by atoms with E-state index in [2.05, 4.69) is 15.5 Å². The first-order valence-electron chi connectivity index (χ1n) is 8.69. The molecule has 1 aromatic heterocycles. The molecule has 4 N–H and O–H groups in total. The molecule has 8 nitrogen and oxygen atoms in total. The molecule has 1 aliphatic rings. The van der Waals surface area contributed by atoms with Gasteiger partial charge in [0, 0.05) is 31.6 Å². The first kappa shape index (κ1) is 20.2. The van der Waals surface area contributed by atoms with E-state index in [1.165, 1.54) is 0 Å². The van der Waals surface area contributed by atoms with Crippen molar-refractivity contribution in [2.45, 2.75) is 75.9 Å². The van der Waals surface area contributed by atoms with Crippen LogP contribution >= 0.6 is 0 Å². The highest BCUT2D eigenvalue weighted by molar-refractivity contribution is 5.76. The van der Waals surface area contributed by atoms with Gasteiger partial charge in [-0.2, -0.15) is 4.98 Å². The minimum atomic E-state index is -3.15. The quantitative estimate of drug-likeness (QED) is 0.539. The van der Waals surface area contributed by atoms with Gasteiger partial charge in [-0.25, -0.2) is 8.78 Å². The van der Waals surface area contributed by atoms with Gasteiger partial charge in [-0.1, -0.05) is 12.1 Å². The van der Waals surface area contributed by atoms with Crippen LogP contribution in [-0.4, -0.2) is 39.0 Å². The van der Waals surface area contributed by atoms with Crippen LogP contribution in [0.3, 0.4) is 0 Å². The fourth-order valence-corrected chi connectivity index (χ4v) is 2.46. The van der Waals surface area contributed by atoms with E-state index in [1.54, 1.807) is 6.92 Å². The van der Waals surface area contributed by atoms with Crippen molar-refractivity contribution in [1.29, 1.82) is 0 Å². The van der Waals surface area contributed by atoms with E-state index in [4.69, 9.17) is 10.3 Å². The Balaban J connectivity index is 1.83. The zero-order valence-electron chi connectivity index (χ0n) is 14.6. The number of amides is 2. The average Bonchev–Trinajstić information content (AvgIpc) is 3.33. The van der Waals surface area contributed by atoms with Crippen LogP contribution in [0, 0.1) is 0 Å². The minimum absolute atomic E-state index is 0.00541.